The van der Waals surface area contributed by atoms with Crippen molar-refractivity contribution < 1.29 is 14.3 Å². The van der Waals surface area contributed by atoms with Crippen LogP contribution in [0.1, 0.15) is 6.42 Å². The molecule has 100 valence electrons. The molecule has 5 nitrogen and oxygen atoms in total. The third-order valence-electron chi connectivity index (χ3n) is 4.38. The lowest BCUT2D eigenvalue weighted by Gasteiger charge is -2.50. The van der Waals surface area contributed by atoms with E-state index in [1.54, 1.807) is 0 Å². The summed E-state index contributed by atoms with van der Waals surface area (Å²) < 4.78 is 11.9. The SMILES string of the molecule is O=C1NCNC12C1CC=CC=C1OC1C=CCOC12. The van der Waals surface area contributed by atoms with Crippen molar-refractivity contribution in [2.24, 2.45) is 5.92 Å². The lowest BCUT2D eigenvalue weighted by molar-refractivity contribution is -0.155. The van der Waals surface area contributed by atoms with Crippen LogP contribution in [-0.4, -0.2) is 36.9 Å². The van der Waals surface area contributed by atoms with Gasteiger partial charge in [-0.25, -0.2) is 0 Å². The van der Waals surface area contributed by atoms with Gasteiger partial charge in [-0.3, -0.25) is 10.1 Å². The summed E-state index contributed by atoms with van der Waals surface area (Å²) in [7, 11) is 0. The Morgan fingerprint density at radius 1 is 1.37 bits per heavy atom. The number of allylic oxidation sites excluding steroid dienone is 3. The molecule has 0 aromatic carbocycles. The number of nitrogens with one attached hydrogen (secondary N) is 2. The Labute approximate surface area is 111 Å². The quantitative estimate of drug-likeness (QED) is 0.612. The lowest BCUT2D eigenvalue weighted by atomic mass is 9.70. The predicted octanol–water partition coefficient (Wildman–Crippen LogP) is 0.216. The maximum Gasteiger partial charge on any atom is 0.245 e. The topological polar surface area (TPSA) is 59.6 Å². The predicted molar refractivity (Wildman–Crippen MR) is 68.0 cm³/mol. The fraction of sp³-hybridized carbons (Fsp3) is 0.500. The summed E-state index contributed by atoms with van der Waals surface area (Å²) >= 11 is 0. The van der Waals surface area contributed by atoms with Crippen LogP contribution in [-0.2, 0) is 14.3 Å². The molecule has 0 aromatic rings. The number of rotatable bonds is 0. The summed E-state index contributed by atoms with van der Waals surface area (Å²) in [5.74, 6) is 0.906. The van der Waals surface area contributed by atoms with Gasteiger partial charge in [0, 0.05) is 0 Å². The first-order valence-electron chi connectivity index (χ1n) is 6.67. The van der Waals surface area contributed by atoms with E-state index in [4.69, 9.17) is 9.47 Å². The molecule has 1 spiro atoms. The minimum Gasteiger partial charge on any atom is -0.487 e. The Morgan fingerprint density at radius 2 is 2.32 bits per heavy atom. The van der Waals surface area contributed by atoms with Crippen LogP contribution in [0, 0.1) is 5.92 Å². The van der Waals surface area contributed by atoms with Crippen LogP contribution >= 0.6 is 0 Å². The van der Waals surface area contributed by atoms with Crippen LogP contribution in [0.2, 0.25) is 0 Å². The highest BCUT2D eigenvalue weighted by molar-refractivity contribution is 5.90. The second-order valence-electron chi connectivity index (χ2n) is 5.28. The Hall–Kier alpha value is -1.59. The molecule has 0 saturated carbocycles. The molecule has 4 unspecified atom stereocenters. The number of carbonyl (C=O) groups excluding carboxylic acids is 1. The average Bonchev–Trinajstić information content (AvgIpc) is 2.82. The molecule has 3 heterocycles. The first-order valence-corrected chi connectivity index (χ1v) is 6.67. The van der Waals surface area contributed by atoms with Crippen LogP contribution in [0.3, 0.4) is 0 Å². The number of amides is 1. The minimum atomic E-state index is -0.704. The molecule has 1 amide bonds. The van der Waals surface area contributed by atoms with Crippen LogP contribution in [0.5, 0.6) is 0 Å². The number of hydrogen-bond acceptors (Lipinski definition) is 4. The molecule has 0 bridgehead atoms. The molecule has 0 aromatic heterocycles. The lowest BCUT2D eigenvalue weighted by Crippen LogP contribution is -2.69. The zero-order chi connectivity index (χ0) is 12.9. The van der Waals surface area contributed by atoms with E-state index in [0.29, 0.717) is 13.3 Å². The number of fused-ring (bicyclic) bond motifs is 4. The van der Waals surface area contributed by atoms with Crippen molar-refractivity contribution in [3.8, 4) is 0 Å². The highest BCUT2D eigenvalue weighted by Crippen LogP contribution is 2.44. The third kappa shape index (κ3) is 1.40. The Bertz CT molecular complexity index is 511. The third-order valence-corrected chi connectivity index (χ3v) is 4.38. The monoisotopic (exact) mass is 260 g/mol. The van der Waals surface area contributed by atoms with Gasteiger partial charge in [0.15, 0.2) is 0 Å². The van der Waals surface area contributed by atoms with Crippen LogP contribution in [0.25, 0.3) is 0 Å². The van der Waals surface area contributed by atoms with Crippen LogP contribution < -0.4 is 10.6 Å². The van der Waals surface area contributed by atoms with E-state index in [0.717, 1.165) is 12.2 Å². The number of ether oxygens (including phenoxy) is 2. The molecule has 2 fully saturated rings. The summed E-state index contributed by atoms with van der Waals surface area (Å²) in [5, 5.41) is 6.23. The second-order valence-corrected chi connectivity index (χ2v) is 5.28. The van der Waals surface area contributed by atoms with Gasteiger partial charge in [-0.05, 0) is 18.6 Å². The molecule has 1 aliphatic carbocycles. The standard InChI is InChI=1S/C14H16N2O3/c17-13-14(16-8-15-13)9-4-1-2-5-10(9)19-11-6-3-7-18-12(11)14/h1-3,5-6,9,11-12,16H,4,7-8H2,(H,15,17). The second kappa shape index (κ2) is 3.95. The molecular weight excluding hydrogens is 244 g/mol. The Balaban J connectivity index is 1.84. The molecule has 4 aliphatic rings. The van der Waals surface area contributed by atoms with E-state index in [1.807, 2.05) is 24.3 Å². The minimum absolute atomic E-state index is 0.00718. The molecule has 2 saturated heterocycles. The fourth-order valence-electron chi connectivity index (χ4n) is 3.54. The van der Waals surface area contributed by atoms with Gasteiger partial charge in [0.05, 0.1) is 19.2 Å². The molecular formula is C14H16N2O3. The molecule has 3 aliphatic heterocycles. The van der Waals surface area contributed by atoms with Crippen LogP contribution in [0.15, 0.2) is 36.1 Å². The maximum absolute atomic E-state index is 12.5. The molecule has 0 radical (unpaired) electrons. The zero-order valence-electron chi connectivity index (χ0n) is 10.5. The largest absolute Gasteiger partial charge is 0.487 e. The van der Waals surface area contributed by atoms with Gasteiger partial charge < -0.3 is 14.8 Å². The maximum atomic E-state index is 12.5. The van der Waals surface area contributed by atoms with Crippen molar-refractivity contribution in [1.82, 2.24) is 10.6 Å². The van der Waals surface area contributed by atoms with Crippen molar-refractivity contribution >= 4 is 5.91 Å². The molecule has 4 rings (SSSR count). The summed E-state index contributed by atoms with van der Waals surface area (Å²) in [6, 6.07) is 0. The average molecular weight is 260 g/mol. The van der Waals surface area contributed by atoms with Crippen molar-refractivity contribution in [1.29, 1.82) is 0 Å². The van der Waals surface area contributed by atoms with E-state index < -0.39 is 5.54 Å². The highest BCUT2D eigenvalue weighted by atomic mass is 16.6. The Morgan fingerprint density at radius 3 is 3.16 bits per heavy atom. The molecule has 2 N–H and O–H groups in total. The number of hydrogen-bond donors (Lipinski definition) is 2. The van der Waals surface area contributed by atoms with E-state index in [1.165, 1.54) is 0 Å². The smallest absolute Gasteiger partial charge is 0.245 e. The van der Waals surface area contributed by atoms with Crippen LogP contribution in [0.4, 0.5) is 0 Å². The van der Waals surface area contributed by atoms with Crippen molar-refractivity contribution in [3.63, 3.8) is 0 Å². The zero-order valence-corrected chi connectivity index (χ0v) is 10.5. The van der Waals surface area contributed by atoms with Gasteiger partial charge in [0.25, 0.3) is 0 Å². The summed E-state index contributed by atoms with van der Waals surface area (Å²) in [6.45, 7) is 1.02. The molecule has 5 heteroatoms. The summed E-state index contributed by atoms with van der Waals surface area (Å²) in [4.78, 5) is 12.5. The van der Waals surface area contributed by atoms with E-state index in [2.05, 4.69) is 16.7 Å². The molecule has 4 atom stereocenters. The van der Waals surface area contributed by atoms with Gasteiger partial charge in [-0.1, -0.05) is 18.2 Å². The van der Waals surface area contributed by atoms with Gasteiger partial charge in [0.2, 0.25) is 5.91 Å². The first-order chi connectivity index (χ1) is 9.32. The summed E-state index contributed by atoms with van der Waals surface area (Å²) in [6.07, 6.45) is 10.3. The van der Waals surface area contributed by atoms with Crippen molar-refractivity contribution in [2.75, 3.05) is 13.3 Å². The highest BCUT2D eigenvalue weighted by Gasteiger charge is 2.62. The summed E-state index contributed by atoms with van der Waals surface area (Å²) in [5.41, 5.74) is -0.704. The van der Waals surface area contributed by atoms with Gasteiger partial charge >= 0.3 is 0 Å². The fourth-order valence-corrected chi connectivity index (χ4v) is 3.54. The van der Waals surface area contributed by atoms with Gasteiger partial charge in [-0.15, -0.1) is 0 Å². The van der Waals surface area contributed by atoms with Gasteiger partial charge in [0.1, 0.15) is 23.5 Å². The van der Waals surface area contributed by atoms with E-state index in [9.17, 15) is 4.79 Å². The van der Waals surface area contributed by atoms with Crippen molar-refractivity contribution in [3.05, 3.63) is 36.1 Å². The normalized spacial score (nSPS) is 43.3. The number of carbonyl (C=O) groups is 1. The van der Waals surface area contributed by atoms with Gasteiger partial charge in [-0.2, -0.15) is 0 Å². The van der Waals surface area contributed by atoms with Crippen molar-refractivity contribution in [2.45, 2.75) is 24.2 Å². The van der Waals surface area contributed by atoms with E-state index in [-0.39, 0.29) is 24.0 Å². The Kier molecular flexibility index (Phi) is 2.34. The van der Waals surface area contributed by atoms with E-state index >= 15 is 0 Å². The first kappa shape index (κ1) is 11.3. The molecule has 19 heavy (non-hydrogen) atoms.